The minimum Gasteiger partial charge on any atom is -0.350 e. The van der Waals surface area contributed by atoms with Crippen LogP contribution in [-0.4, -0.2) is 27.4 Å². The summed E-state index contributed by atoms with van der Waals surface area (Å²) in [6.07, 6.45) is 0.839. The molecule has 7 heteroatoms. The van der Waals surface area contributed by atoms with Crippen LogP contribution in [0.2, 0.25) is 5.02 Å². The van der Waals surface area contributed by atoms with Gasteiger partial charge in [-0.3, -0.25) is 9.10 Å². The molecule has 0 saturated carbocycles. The highest BCUT2D eigenvalue weighted by Gasteiger charge is 2.21. The van der Waals surface area contributed by atoms with Crippen molar-refractivity contribution in [2.24, 2.45) is 0 Å². The zero-order valence-electron chi connectivity index (χ0n) is 14.4. The maximum atomic E-state index is 12.7. The zero-order valence-corrected chi connectivity index (χ0v) is 15.9. The second-order valence-corrected chi connectivity index (χ2v) is 8.16. The van der Waals surface area contributed by atoms with Crippen molar-refractivity contribution in [1.82, 2.24) is 5.32 Å². The van der Waals surface area contributed by atoms with Crippen molar-refractivity contribution in [3.8, 4) is 0 Å². The molecule has 0 radical (unpaired) electrons. The molecule has 2 aromatic carbocycles. The highest BCUT2D eigenvalue weighted by atomic mass is 35.5. The van der Waals surface area contributed by atoms with E-state index in [9.17, 15) is 13.2 Å². The Labute approximate surface area is 153 Å². The third kappa shape index (κ3) is 4.52. The zero-order chi connectivity index (χ0) is 18.6. The van der Waals surface area contributed by atoms with Gasteiger partial charge < -0.3 is 5.32 Å². The van der Waals surface area contributed by atoms with Gasteiger partial charge in [-0.2, -0.15) is 0 Å². The number of amides is 1. The Kier molecular flexibility index (Phi) is 6.08. The molecule has 25 heavy (non-hydrogen) atoms. The molecule has 2 aromatic rings. The van der Waals surface area contributed by atoms with Crippen LogP contribution in [0.25, 0.3) is 0 Å². The smallest absolute Gasteiger partial charge is 0.264 e. The number of halogens is 1. The van der Waals surface area contributed by atoms with Crippen molar-refractivity contribution in [2.45, 2.75) is 31.2 Å². The average Bonchev–Trinajstić information content (AvgIpc) is 2.61. The van der Waals surface area contributed by atoms with Crippen LogP contribution < -0.4 is 9.62 Å². The van der Waals surface area contributed by atoms with E-state index in [1.165, 1.54) is 35.6 Å². The highest BCUT2D eigenvalue weighted by molar-refractivity contribution is 7.92. The first-order chi connectivity index (χ1) is 11.8. The van der Waals surface area contributed by atoms with Crippen molar-refractivity contribution >= 4 is 33.2 Å². The fourth-order valence-electron chi connectivity index (χ4n) is 2.14. The van der Waals surface area contributed by atoms with Crippen molar-refractivity contribution < 1.29 is 13.2 Å². The summed E-state index contributed by atoms with van der Waals surface area (Å²) < 4.78 is 26.5. The Morgan fingerprint density at radius 2 is 1.68 bits per heavy atom. The van der Waals surface area contributed by atoms with Gasteiger partial charge in [0.25, 0.3) is 15.9 Å². The molecule has 1 N–H and O–H groups in total. The van der Waals surface area contributed by atoms with Crippen molar-refractivity contribution in [2.75, 3.05) is 11.4 Å². The fourth-order valence-corrected chi connectivity index (χ4v) is 3.46. The molecule has 0 fully saturated rings. The average molecular weight is 381 g/mol. The lowest BCUT2D eigenvalue weighted by molar-refractivity contribution is 0.0939. The number of hydrogen-bond donors (Lipinski definition) is 1. The van der Waals surface area contributed by atoms with Crippen LogP contribution in [-0.2, 0) is 10.0 Å². The lowest BCUT2D eigenvalue weighted by atomic mass is 10.1. The Morgan fingerprint density at radius 3 is 2.20 bits per heavy atom. The van der Waals surface area contributed by atoms with Gasteiger partial charge in [-0.15, -0.1) is 0 Å². The highest BCUT2D eigenvalue weighted by Crippen LogP contribution is 2.23. The second-order valence-electron chi connectivity index (χ2n) is 5.76. The summed E-state index contributed by atoms with van der Waals surface area (Å²) in [4.78, 5) is 12.2. The van der Waals surface area contributed by atoms with Crippen LogP contribution in [0.1, 0.15) is 30.6 Å². The first-order valence-corrected chi connectivity index (χ1v) is 9.73. The van der Waals surface area contributed by atoms with Gasteiger partial charge in [-0.25, -0.2) is 8.42 Å². The summed E-state index contributed by atoms with van der Waals surface area (Å²) in [5.41, 5.74) is 0.955. The van der Waals surface area contributed by atoms with Gasteiger partial charge in [0.15, 0.2) is 0 Å². The van der Waals surface area contributed by atoms with Crippen LogP contribution in [0.15, 0.2) is 53.4 Å². The molecular weight excluding hydrogens is 360 g/mol. The molecule has 0 saturated heterocycles. The molecule has 0 aromatic heterocycles. The predicted molar refractivity (Wildman–Crippen MR) is 101 cm³/mol. The molecule has 5 nitrogen and oxygen atoms in total. The number of carbonyl (C=O) groups is 1. The van der Waals surface area contributed by atoms with Crippen LogP contribution in [0.3, 0.4) is 0 Å². The molecule has 0 aliphatic rings. The van der Waals surface area contributed by atoms with Crippen LogP contribution in [0, 0.1) is 0 Å². The Balaban J connectivity index is 2.21. The van der Waals surface area contributed by atoms with Crippen LogP contribution in [0.4, 0.5) is 5.69 Å². The molecule has 0 bridgehead atoms. The van der Waals surface area contributed by atoms with Crippen molar-refractivity contribution in [3.05, 3.63) is 59.1 Å². The molecule has 1 atom stereocenters. The second kappa shape index (κ2) is 7.89. The first kappa shape index (κ1) is 19.3. The quantitative estimate of drug-likeness (QED) is 0.831. The number of sulfonamides is 1. The number of carbonyl (C=O) groups excluding carboxylic acids is 1. The van der Waals surface area contributed by atoms with E-state index in [4.69, 9.17) is 11.6 Å². The molecular formula is C18H21ClN2O3S. The number of nitrogens with zero attached hydrogens (tertiary/aromatic N) is 1. The summed E-state index contributed by atoms with van der Waals surface area (Å²) in [6.45, 7) is 3.92. The number of anilines is 1. The third-order valence-electron chi connectivity index (χ3n) is 3.96. The molecule has 0 spiro atoms. The summed E-state index contributed by atoms with van der Waals surface area (Å²) >= 11 is 5.81. The number of benzene rings is 2. The SMILES string of the molecule is CCC(C)NC(=O)c1ccc(N(C)S(=O)(=O)c2ccc(Cl)cc2)cc1. The lowest BCUT2D eigenvalue weighted by Gasteiger charge is -2.20. The molecule has 1 amide bonds. The first-order valence-electron chi connectivity index (χ1n) is 7.91. The van der Waals surface area contributed by atoms with E-state index in [0.29, 0.717) is 16.3 Å². The van der Waals surface area contributed by atoms with E-state index >= 15 is 0 Å². The van der Waals surface area contributed by atoms with Crippen molar-refractivity contribution in [1.29, 1.82) is 0 Å². The maximum Gasteiger partial charge on any atom is 0.264 e. The molecule has 0 aliphatic carbocycles. The van der Waals surface area contributed by atoms with E-state index in [-0.39, 0.29) is 16.8 Å². The van der Waals surface area contributed by atoms with Gasteiger partial charge in [0.05, 0.1) is 10.6 Å². The largest absolute Gasteiger partial charge is 0.350 e. The number of nitrogens with one attached hydrogen (secondary N) is 1. The summed E-state index contributed by atoms with van der Waals surface area (Å²) in [6, 6.07) is 12.5. The van der Waals surface area contributed by atoms with Crippen molar-refractivity contribution in [3.63, 3.8) is 0 Å². The maximum absolute atomic E-state index is 12.7. The molecule has 134 valence electrons. The number of rotatable bonds is 6. The third-order valence-corrected chi connectivity index (χ3v) is 6.01. The van der Waals surface area contributed by atoms with E-state index in [1.54, 1.807) is 24.3 Å². The molecule has 2 rings (SSSR count). The lowest BCUT2D eigenvalue weighted by Crippen LogP contribution is -2.32. The predicted octanol–water partition coefficient (Wildman–Crippen LogP) is 3.69. The Bertz CT molecular complexity index is 834. The van der Waals surface area contributed by atoms with E-state index < -0.39 is 10.0 Å². The van der Waals surface area contributed by atoms with Gasteiger partial charge in [0.1, 0.15) is 0 Å². The topological polar surface area (TPSA) is 66.5 Å². The van der Waals surface area contributed by atoms with E-state index in [0.717, 1.165) is 6.42 Å². The van der Waals surface area contributed by atoms with Gasteiger partial charge in [0, 0.05) is 23.7 Å². The molecule has 0 heterocycles. The van der Waals surface area contributed by atoms with Crippen LogP contribution in [0.5, 0.6) is 0 Å². The van der Waals surface area contributed by atoms with Gasteiger partial charge in [0.2, 0.25) is 0 Å². The van der Waals surface area contributed by atoms with E-state index in [2.05, 4.69) is 5.32 Å². The molecule has 0 aliphatic heterocycles. The summed E-state index contributed by atoms with van der Waals surface area (Å²) in [7, 11) is -2.22. The minimum atomic E-state index is -3.69. The van der Waals surface area contributed by atoms with Gasteiger partial charge in [-0.1, -0.05) is 18.5 Å². The van der Waals surface area contributed by atoms with Crippen LogP contribution >= 0.6 is 11.6 Å². The van der Waals surface area contributed by atoms with E-state index in [1.807, 2.05) is 13.8 Å². The molecule has 1 unspecified atom stereocenters. The van der Waals surface area contributed by atoms with Gasteiger partial charge in [-0.05, 0) is 61.9 Å². The van der Waals surface area contributed by atoms with Gasteiger partial charge >= 0.3 is 0 Å². The monoisotopic (exact) mass is 380 g/mol. The standard InChI is InChI=1S/C18H21ClN2O3S/c1-4-13(2)20-18(22)14-5-9-16(10-6-14)21(3)25(23,24)17-11-7-15(19)8-12-17/h5-13H,4H2,1-3H3,(H,20,22). The normalized spacial score (nSPS) is 12.5. The minimum absolute atomic E-state index is 0.0835. The Morgan fingerprint density at radius 1 is 1.12 bits per heavy atom. The summed E-state index contributed by atoms with van der Waals surface area (Å²) in [5, 5.41) is 3.34. The number of hydrogen-bond acceptors (Lipinski definition) is 3. The fraction of sp³-hybridized carbons (Fsp3) is 0.278. The summed E-state index contributed by atoms with van der Waals surface area (Å²) in [5.74, 6) is -0.177. The Hall–Kier alpha value is -2.05.